The fraction of sp³-hybridized carbons (Fsp3) is 0.214. The van der Waals surface area contributed by atoms with Crippen molar-refractivity contribution in [1.82, 2.24) is 25.4 Å². The van der Waals surface area contributed by atoms with E-state index in [1.807, 2.05) is 17.5 Å². The maximum atomic E-state index is 12.1. The van der Waals surface area contributed by atoms with Crippen molar-refractivity contribution in [3.63, 3.8) is 0 Å². The number of carbonyl (C=O) groups is 1. The number of hydrogen-bond donors (Lipinski definition) is 1. The molecule has 3 aromatic rings. The van der Waals surface area contributed by atoms with Crippen molar-refractivity contribution in [2.24, 2.45) is 0 Å². The van der Waals surface area contributed by atoms with Gasteiger partial charge in [-0.25, -0.2) is 0 Å². The standard InChI is InChI=1S/C14H13N5O4S/c1-21-13-16-11(17-14(18-13)22-2)7-15-12(20)8-6-9(23-19-8)10-4-3-5-24-10/h3-6H,7H2,1-2H3,(H,15,20). The Morgan fingerprint density at radius 3 is 2.62 bits per heavy atom. The lowest BCUT2D eigenvalue weighted by atomic mass is 10.3. The van der Waals surface area contributed by atoms with Crippen molar-refractivity contribution in [2.75, 3.05) is 14.2 Å². The van der Waals surface area contributed by atoms with Crippen LogP contribution in [0.1, 0.15) is 16.3 Å². The number of nitrogens with zero attached hydrogens (tertiary/aromatic N) is 4. The molecule has 0 spiro atoms. The Balaban J connectivity index is 1.67. The van der Waals surface area contributed by atoms with Gasteiger partial charge < -0.3 is 19.3 Å². The number of ether oxygens (including phenoxy) is 2. The molecule has 124 valence electrons. The van der Waals surface area contributed by atoms with Gasteiger partial charge in [-0.05, 0) is 11.4 Å². The van der Waals surface area contributed by atoms with E-state index in [9.17, 15) is 4.79 Å². The second-order valence-corrected chi connectivity index (χ2v) is 5.41. The van der Waals surface area contributed by atoms with Crippen LogP contribution in [0.3, 0.4) is 0 Å². The highest BCUT2D eigenvalue weighted by molar-refractivity contribution is 7.13. The number of methoxy groups -OCH3 is 2. The van der Waals surface area contributed by atoms with Crippen molar-refractivity contribution < 1.29 is 18.8 Å². The summed E-state index contributed by atoms with van der Waals surface area (Å²) >= 11 is 1.50. The lowest BCUT2D eigenvalue weighted by Crippen LogP contribution is -2.24. The molecule has 0 aliphatic carbocycles. The van der Waals surface area contributed by atoms with Gasteiger partial charge in [0.15, 0.2) is 17.3 Å². The van der Waals surface area contributed by atoms with Crippen LogP contribution in [-0.4, -0.2) is 40.2 Å². The molecule has 0 fully saturated rings. The zero-order valence-electron chi connectivity index (χ0n) is 12.8. The minimum absolute atomic E-state index is 0.0648. The summed E-state index contributed by atoms with van der Waals surface area (Å²) in [5, 5.41) is 8.34. The normalized spacial score (nSPS) is 10.4. The summed E-state index contributed by atoms with van der Waals surface area (Å²) in [6.07, 6.45) is 0. The van der Waals surface area contributed by atoms with Crippen LogP contribution in [0.4, 0.5) is 0 Å². The van der Waals surface area contributed by atoms with Gasteiger partial charge >= 0.3 is 12.0 Å². The van der Waals surface area contributed by atoms with Crippen molar-refractivity contribution in [3.8, 4) is 22.7 Å². The number of hydrogen-bond acceptors (Lipinski definition) is 9. The Morgan fingerprint density at radius 2 is 2.00 bits per heavy atom. The van der Waals surface area contributed by atoms with E-state index < -0.39 is 5.91 Å². The fourth-order valence-electron chi connectivity index (χ4n) is 1.81. The van der Waals surface area contributed by atoms with E-state index >= 15 is 0 Å². The first-order chi connectivity index (χ1) is 11.7. The van der Waals surface area contributed by atoms with Gasteiger partial charge in [-0.1, -0.05) is 11.2 Å². The lowest BCUT2D eigenvalue weighted by Gasteiger charge is -2.05. The van der Waals surface area contributed by atoms with Crippen LogP contribution in [0.25, 0.3) is 10.6 Å². The van der Waals surface area contributed by atoms with E-state index in [0.29, 0.717) is 11.6 Å². The maximum Gasteiger partial charge on any atom is 0.322 e. The van der Waals surface area contributed by atoms with Crippen LogP contribution in [-0.2, 0) is 6.54 Å². The van der Waals surface area contributed by atoms with Crippen molar-refractivity contribution in [1.29, 1.82) is 0 Å². The van der Waals surface area contributed by atoms with Crippen LogP contribution in [0.5, 0.6) is 12.0 Å². The fourth-order valence-corrected chi connectivity index (χ4v) is 2.48. The third-order valence-corrected chi connectivity index (χ3v) is 3.80. The topological polar surface area (TPSA) is 112 Å². The summed E-state index contributed by atoms with van der Waals surface area (Å²) in [5.41, 5.74) is 0.173. The molecule has 3 heterocycles. The first-order valence-electron chi connectivity index (χ1n) is 6.81. The molecule has 24 heavy (non-hydrogen) atoms. The molecule has 0 saturated carbocycles. The minimum atomic E-state index is -0.403. The Labute approximate surface area is 140 Å². The summed E-state index contributed by atoms with van der Waals surface area (Å²) in [7, 11) is 2.86. The number of rotatable bonds is 6. The third kappa shape index (κ3) is 3.49. The van der Waals surface area contributed by atoms with Crippen LogP contribution >= 0.6 is 11.3 Å². The van der Waals surface area contributed by atoms with Crippen LogP contribution in [0, 0.1) is 0 Å². The molecular weight excluding hydrogens is 334 g/mol. The predicted octanol–water partition coefficient (Wildman–Crippen LogP) is 1.54. The Hall–Kier alpha value is -3.01. The molecule has 0 bridgehead atoms. The maximum absolute atomic E-state index is 12.1. The number of amides is 1. The molecule has 0 aliphatic heterocycles. The van der Waals surface area contributed by atoms with Crippen molar-refractivity contribution in [2.45, 2.75) is 6.54 Å². The van der Waals surface area contributed by atoms with Crippen LogP contribution < -0.4 is 14.8 Å². The van der Waals surface area contributed by atoms with Gasteiger partial charge in [0.1, 0.15) is 0 Å². The number of nitrogens with one attached hydrogen (secondary N) is 1. The van der Waals surface area contributed by atoms with E-state index in [0.717, 1.165) is 4.88 Å². The Bertz CT molecular complexity index is 811. The van der Waals surface area contributed by atoms with Gasteiger partial charge in [0, 0.05) is 6.07 Å². The number of aromatic nitrogens is 4. The molecule has 10 heteroatoms. The predicted molar refractivity (Wildman–Crippen MR) is 83.9 cm³/mol. The highest BCUT2D eigenvalue weighted by Gasteiger charge is 2.15. The highest BCUT2D eigenvalue weighted by Crippen LogP contribution is 2.25. The molecule has 1 amide bonds. The Kier molecular flexibility index (Phi) is 4.66. The second-order valence-electron chi connectivity index (χ2n) is 4.46. The monoisotopic (exact) mass is 347 g/mol. The van der Waals surface area contributed by atoms with Gasteiger partial charge in [-0.2, -0.15) is 9.97 Å². The van der Waals surface area contributed by atoms with Gasteiger partial charge in [0.25, 0.3) is 5.91 Å². The second kappa shape index (κ2) is 7.04. The summed E-state index contributed by atoms with van der Waals surface area (Å²) in [6.45, 7) is 0.0648. The zero-order valence-corrected chi connectivity index (χ0v) is 13.7. The quantitative estimate of drug-likeness (QED) is 0.714. The molecule has 0 aliphatic rings. The van der Waals surface area contributed by atoms with Gasteiger partial charge in [-0.3, -0.25) is 4.79 Å². The molecule has 3 aromatic heterocycles. The molecule has 9 nitrogen and oxygen atoms in total. The number of thiophene rings is 1. The first kappa shape index (κ1) is 15.9. The van der Waals surface area contributed by atoms with E-state index in [2.05, 4.69) is 25.4 Å². The van der Waals surface area contributed by atoms with E-state index in [-0.39, 0.29) is 24.3 Å². The van der Waals surface area contributed by atoms with Gasteiger partial charge in [0.05, 0.1) is 25.6 Å². The van der Waals surface area contributed by atoms with Gasteiger partial charge in [0.2, 0.25) is 0 Å². The molecule has 0 atom stereocenters. The molecule has 0 saturated heterocycles. The molecule has 3 rings (SSSR count). The van der Waals surface area contributed by atoms with Crippen LogP contribution in [0.2, 0.25) is 0 Å². The number of carbonyl (C=O) groups excluding carboxylic acids is 1. The Morgan fingerprint density at radius 1 is 1.25 bits per heavy atom. The molecule has 1 N–H and O–H groups in total. The SMILES string of the molecule is COc1nc(CNC(=O)c2cc(-c3cccs3)on2)nc(OC)n1. The van der Waals surface area contributed by atoms with Crippen molar-refractivity contribution in [3.05, 3.63) is 35.1 Å². The summed E-state index contributed by atoms with van der Waals surface area (Å²) in [4.78, 5) is 25.0. The highest BCUT2D eigenvalue weighted by atomic mass is 32.1. The largest absolute Gasteiger partial charge is 0.467 e. The average molecular weight is 347 g/mol. The smallest absolute Gasteiger partial charge is 0.322 e. The molecule has 0 radical (unpaired) electrons. The summed E-state index contributed by atoms with van der Waals surface area (Å²) in [5.74, 6) is 0.438. The third-order valence-electron chi connectivity index (χ3n) is 2.92. The lowest BCUT2D eigenvalue weighted by molar-refractivity contribution is 0.0940. The summed E-state index contributed by atoms with van der Waals surface area (Å²) in [6, 6.07) is 5.57. The summed E-state index contributed by atoms with van der Waals surface area (Å²) < 4.78 is 15.1. The molecule has 0 aromatic carbocycles. The minimum Gasteiger partial charge on any atom is -0.467 e. The molecule has 0 unspecified atom stereocenters. The van der Waals surface area contributed by atoms with Crippen molar-refractivity contribution >= 4 is 17.2 Å². The van der Waals surface area contributed by atoms with Crippen LogP contribution in [0.15, 0.2) is 28.1 Å². The molecular formula is C14H13N5O4S. The first-order valence-corrected chi connectivity index (χ1v) is 7.69. The van der Waals surface area contributed by atoms with E-state index in [1.165, 1.54) is 25.6 Å². The zero-order chi connectivity index (χ0) is 16.9. The van der Waals surface area contributed by atoms with E-state index in [1.54, 1.807) is 6.07 Å². The van der Waals surface area contributed by atoms with E-state index in [4.69, 9.17) is 14.0 Å². The average Bonchev–Trinajstić information content (AvgIpc) is 3.30. The van der Waals surface area contributed by atoms with Gasteiger partial charge in [-0.15, -0.1) is 16.3 Å².